The van der Waals surface area contributed by atoms with Crippen molar-refractivity contribution in [3.63, 3.8) is 0 Å². The molecule has 0 nitrogen and oxygen atoms in total. The normalized spacial score (nSPS) is 12.6. The molecule has 0 saturated heterocycles. The fourth-order valence-electron chi connectivity index (χ4n) is 2.91. The van der Waals surface area contributed by atoms with Gasteiger partial charge in [0.1, 0.15) is 7.85 Å². The van der Waals surface area contributed by atoms with Gasteiger partial charge in [0.05, 0.1) is 0 Å². The lowest BCUT2D eigenvalue weighted by Crippen LogP contribution is -2.28. The zero-order valence-corrected chi connectivity index (χ0v) is 15.5. The minimum atomic E-state index is 0.260. The second-order valence-corrected chi connectivity index (χ2v) is 11.8. The Morgan fingerprint density at radius 1 is 0.667 bits per heavy atom. The van der Waals surface area contributed by atoms with Crippen molar-refractivity contribution in [1.82, 2.24) is 0 Å². The highest BCUT2D eigenvalue weighted by Gasteiger charge is 2.36. The van der Waals surface area contributed by atoms with E-state index in [9.17, 15) is 0 Å². The van der Waals surface area contributed by atoms with Gasteiger partial charge in [0.2, 0.25) is 0 Å². The highest BCUT2D eigenvalue weighted by atomic mass is 31.2. The van der Waals surface area contributed by atoms with Crippen LogP contribution in [0.5, 0.6) is 0 Å². The third-order valence-electron chi connectivity index (χ3n) is 4.01. The SMILES string of the molecule is BC(CC)(P(CCC)CCC)P(CCC)CCC. The molecule has 0 fully saturated rings. The Hall–Kier alpha value is 0.925. The summed E-state index contributed by atoms with van der Waals surface area (Å²) in [4.78, 5) is 0.711. The van der Waals surface area contributed by atoms with Crippen molar-refractivity contribution < 1.29 is 0 Å². The molecule has 0 aliphatic heterocycles. The van der Waals surface area contributed by atoms with Crippen LogP contribution in [0.1, 0.15) is 66.7 Å². The van der Waals surface area contributed by atoms with E-state index >= 15 is 0 Å². The molecule has 18 heavy (non-hydrogen) atoms. The van der Waals surface area contributed by atoms with Crippen LogP contribution in [0.2, 0.25) is 0 Å². The van der Waals surface area contributed by atoms with Crippen molar-refractivity contribution in [2.75, 3.05) is 24.6 Å². The van der Waals surface area contributed by atoms with E-state index in [1.807, 2.05) is 0 Å². The maximum absolute atomic E-state index is 2.65. The molecule has 0 aromatic rings. The summed E-state index contributed by atoms with van der Waals surface area (Å²) in [5, 5.41) is 0. The Balaban J connectivity index is 4.96. The molecule has 0 aliphatic rings. The molecule has 0 heterocycles. The van der Waals surface area contributed by atoms with Crippen molar-refractivity contribution in [2.24, 2.45) is 0 Å². The van der Waals surface area contributed by atoms with E-state index in [0.29, 0.717) is 4.80 Å². The van der Waals surface area contributed by atoms with E-state index in [1.54, 1.807) is 0 Å². The number of hydrogen-bond acceptors (Lipinski definition) is 0. The molecular formula is C15H35BP2. The quantitative estimate of drug-likeness (QED) is 0.358. The summed E-state index contributed by atoms with van der Waals surface area (Å²) in [5.41, 5.74) is 0. The van der Waals surface area contributed by atoms with E-state index in [-0.39, 0.29) is 15.8 Å². The second kappa shape index (κ2) is 10.7. The first-order chi connectivity index (χ1) is 8.60. The van der Waals surface area contributed by atoms with Crippen LogP contribution < -0.4 is 0 Å². The van der Waals surface area contributed by atoms with Crippen molar-refractivity contribution in [3.05, 3.63) is 0 Å². The average molecular weight is 288 g/mol. The molecule has 0 N–H and O–H groups in total. The molecule has 0 saturated carbocycles. The van der Waals surface area contributed by atoms with Gasteiger partial charge in [0, 0.05) is 0 Å². The molecule has 0 bridgehead atoms. The lowest BCUT2D eigenvalue weighted by molar-refractivity contribution is 0.914. The molecule has 0 spiro atoms. The monoisotopic (exact) mass is 288 g/mol. The summed E-state index contributed by atoms with van der Waals surface area (Å²) >= 11 is 0. The summed E-state index contributed by atoms with van der Waals surface area (Å²) in [6.07, 6.45) is 13.0. The minimum absolute atomic E-state index is 0.260. The molecule has 3 heteroatoms. The van der Waals surface area contributed by atoms with Gasteiger partial charge >= 0.3 is 0 Å². The van der Waals surface area contributed by atoms with E-state index in [0.717, 1.165) is 0 Å². The Bertz CT molecular complexity index is 169. The van der Waals surface area contributed by atoms with Crippen LogP contribution in [0.3, 0.4) is 0 Å². The van der Waals surface area contributed by atoms with E-state index < -0.39 is 0 Å². The first kappa shape index (κ1) is 18.9. The van der Waals surface area contributed by atoms with Gasteiger partial charge in [0.15, 0.2) is 0 Å². The van der Waals surface area contributed by atoms with Gasteiger partial charge in [-0.15, -0.1) is 15.8 Å². The van der Waals surface area contributed by atoms with Crippen LogP contribution >= 0.6 is 15.8 Å². The Kier molecular flexibility index (Phi) is 11.2. The Morgan fingerprint density at radius 2 is 0.944 bits per heavy atom. The van der Waals surface area contributed by atoms with Crippen molar-refractivity contribution in [2.45, 2.75) is 71.5 Å². The fourth-order valence-corrected chi connectivity index (χ4v) is 11.1. The first-order valence-electron chi connectivity index (χ1n) is 8.10. The molecule has 108 valence electrons. The van der Waals surface area contributed by atoms with Gasteiger partial charge in [-0.3, -0.25) is 0 Å². The summed E-state index contributed by atoms with van der Waals surface area (Å²) < 4.78 is 0. The largest absolute Gasteiger partial charge is 0.120 e. The number of rotatable bonds is 11. The lowest BCUT2D eigenvalue weighted by Gasteiger charge is -2.45. The van der Waals surface area contributed by atoms with Crippen LogP contribution in [0.4, 0.5) is 0 Å². The van der Waals surface area contributed by atoms with Crippen LogP contribution in [-0.4, -0.2) is 37.3 Å². The summed E-state index contributed by atoms with van der Waals surface area (Å²) in [5.74, 6) is 0. The highest BCUT2D eigenvalue weighted by Crippen LogP contribution is 2.67. The van der Waals surface area contributed by atoms with Crippen LogP contribution in [0, 0.1) is 0 Å². The van der Waals surface area contributed by atoms with Crippen LogP contribution in [-0.2, 0) is 0 Å². The second-order valence-electron chi connectivity index (χ2n) is 5.54. The lowest BCUT2D eigenvalue weighted by atomic mass is 10.0. The smallest absolute Gasteiger partial charge is 0.104 e. The molecule has 0 amide bonds. The molecule has 0 atom stereocenters. The average Bonchev–Trinajstić information content (AvgIpc) is 2.37. The van der Waals surface area contributed by atoms with Crippen LogP contribution in [0.15, 0.2) is 0 Å². The fraction of sp³-hybridized carbons (Fsp3) is 1.00. The first-order valence-corrected chi connectivity index (χ1v) is 11.5. The van der Waals surface area contributed by atoms with Crippen molar-refractivity contribution in [3.8, 4) is 0 Å². The third-order valence-corrected chi connectivity index (χ3v) is 13.0. The standard InChI is InChI=1S/C15H35BP2/c1-6-11-17(12-7-2)15(16,10-5)18(13-8-3)14-9-4/h6-14,16H2,1-5H3. The molecule has 0 unspecified atom stereocenters. The third kappa shape index (κ3) is 5.50. The molecule has 0 radical (unpaired) electrons. The topological polar surface area (TPSA) is 0 Å². The van der Waals surface area contributed by atoms with Gasteiger partial charge in [-0.1, -0.05) is 66.7 Å². The van der Waals surface area contributed by atoms with E-state index in [2.05, 4.69) is 42.5 Å². The van der Waals surface area contributed by atoms with Crippen molar-refractivity contribution in [1.29, 1.82) is 0 Å². The van der Waals surface area contributed by atoms with E-state index in [4.69, 9.17) is 0 Å². The molecule has 0 aromatic heterocycles. The van der Waals surface area contributed by atoms with E-state index in [1.165, 1.54) is 56.8 Å². The predicted molar refractivity (Wildman–Crippen MR) is 96.0 cm³/mol. The summed E-state index contributed by atoms with van der Waals surface area (Å²) in [6, 6.07) is 0. The highest BCUT2D eigenvalue weighted by molar-refractivity contribution is 7.79. The van der Waals surface area contributed by atoms with Gasteiger partial charge in [-0.25, -0.2) is 0 Å². The van der Waals surface area contributed by atoms with Gasteiger partial charge < -0.3 is 0 Å². The number of hydrogen-bond donors (Lipinski definition) is 0. The van der Waals surface area contributed by atoms with Gasteiger partial charge in [0.25, 0.3) is 0 Å². The zero-order valence-electron chi connectivity index (χ0n) is 13.8. The maximum Gasteiger partial charge on any atom is 0.120 e. The predicted octanol–water partition coefficient (Wildman–Crippen LogP) is 5.29. The molecule has 0 aliphatic carbocycles. The minimum Gasteiger partial charge on any atom is -0.104 e. The van der Waals surface area contributed by atoms with Gasteiger partial charge in [-0.05, 0) is 29.4 Å². The molecule has 0 aromatic carbocycles. The summed E-state index contributed by atoms with van der Waals surface area (Å²) in [6.45, 7) is 12.0. The molecular weight excluding hydrogens is 253 g/mol. The van der Waals surface area contributed by atoms with Gasteiger partial charge in [-0.2, -0.15) is 0 Å². The Labute approximate surface area is 120 Å². The van der Waals surface area contributed by atoms with Crippen LogP contribution in [0.25, 0.3) is 0 Å². The van der Waals surface area contributed by atoms with Crippen molar-refractivity contribution >= 4 is 23.7 Å². The zero-order chi connectivity index (χ0) is 14.0. The maximum atomic E-state index is 2.65. The molecule has 0 rings (SSSR count). The Morgan fingerprint density at radius 3 is 1.11 bits per heavy atom. The summed E-state index contributed by atoms with van der Waals surface area (Å²) in [7, 11) is 3.17.